The van der Waals surface area contributed by atoms with Gasteiger partial charge in [0.15, 0.2) is 0 Å². The highest BCUT2D eigenvalue weighted by atomic mass is 16.5. The molecule has 100 valence electrons. The summed E-state index contributed by atoms with van der Waals surface area (Å²) < 4.78 is 5.56. The lowest BCUT2D eigenvalue weighted by Gasteiger charge is -2.07. The number of benzene rings is 1. The van der Waals surface area contributed by atoms with E-state index in [-0.39, 0.29) is 5.75 Å². The van der Waals surface area contributed by atoms with E-state index in [2.05, 4.69) is 6.92 Å². The third kappa shape index (κ3) is 5.21. The molecule has 1 rings (SSSR count). The summed E-state index contributed by atoms with van der Waals surface area (Å²) in [7, 11) is 0. The minimum Gasteiger partial charge on any atom is -0.507 e. The van der Waals surface area contributed by atoms with Gasteiger partial charge in [0.1, 0.15) is 11.5 Å². The highest BCUT2D eigenvalue weighted by Gasteiger charge is 2.00. The highest BCUT2D eigenvalue weighted by molar-refractivity contribution is 5.81. The number of aromatic hydroxyl groups is 1. The molecule has 0 fully saturated rings. The number of ether oxygens (including phenoxy) is 1. The maximum atomic E-state index is 9.56. The summed E-state index contributed by atoms with van der Waals surface area (Å²) >= 11 is 0. The van der Waals surface area contributed by atoms with Crippen molar-refractivity contribution in [2.45, 2.75) is 45.4 Å². The first kappa shape index (κ1) is 14.6. The number of unbranched alkanes of at least 4 members (excludes halogenated alkanes) is 5. The molecule has 0 aliphatic rings. The zero-order valence-corrected chi connectivity index (χ0v) is 11.1. The minimum absolute atomic E-state index is 0.102. The van der Waals surface area contributed by atoms with Gasteiger partial charge in [-0.15, -0.1) is 0 Å². The number of rotatable bonds is 9. The van der Waals surface area contributed by atoms with Crippen molar-refractivity contribution in [2.75, 3.05) is 6.61 Å². The van der Waals surface area contributed by atoms with Crippen molar-refractivity contribution in [2.24, 2.45) is 0 Å². The van der Waals surface area contributed by atoms with Gasteiger partial charge in [0, 0.05) is 17.8 Å². The van der Waals surface area contributed by atoms with Gasteiger partial charge in [-0.25, -0.2) is 0 Å². The van der Waals surface area contributed by atoms with E-state index >= 15 is 0 Å². The molecule has 3 nitrogen and oxygen atoms in total. The Labute approximate surface area is 109 Å². The Hall–Kier alpha value is -1.51. The van der Waals surface area contributed by atoms with Crippen molar-refractivity contribution in [1.29, 1.82) is 5.41 Å². The monoisotopic (exact) mass is 249 g/mol. The van der Waals surface area contributed by atoms with Crippen LogP contribution >= 0.6 is 0 Å². The minimum atomic E-state index is 0.102. The maximum Gasteiger partial charge on any atom is 0.128 e. The van der Waals surface area contributed by atoms with Gasteiger partial charge in [-0.1, -0.05) is 39.0 Å². The summed E-state index contributed by atoms with van der Waals surface area (Å²) in [6.07, 6.45) is 8.56. The Balaban J connectivity index is 2.19. The Morgan fingerprint density at radius 3 is 2.56 bits per heavy atom. The normalized spacial score (nSPS) is 10.3. The molecule has 0 aliphatic heterocycles. The molecular weight excluding hydrogens is 226 g/mol. The molecule has 0 bridgehead atoms. The summed E-state index contributed by atoms with van der Waals surface area (Å²) in [5.74, 6) is 0.775. The Morgan fingerprint density at radius 1 is 1.17 bits per heavy atom. The fraction of sp³-hybridized carbons (Fsp3) is 0.533. The molecular formula is C15H23NO2. The second-order valence-corrected chi connectivity index (χ2v) is 4.48. The Morgan fingerprint density at radius 2 is 1.89 bits per heavy atom. The largest absolute Gasteiger partial charge is 0.507 e. The van der Waals surface area contributed by atoms with E-state index in [1.807, 2.05) is 0 Å². The lowest BCUT2D eigenvalue weighted by molar-refractivity contribution is 0.302. The fourth-order valence-corrected chi connectivity index (χ4v) is 1.81. The number of hydrogen-bond acceptors (Lipinski definition) is 3. The lowest BCUT2D eigenvalue weighted by atomic mass is 10.1. The van der Waals surface area contributed by atoms with Crippen LogP contribution in [0.5, 0.6) is 11.5 Å². The molecule has 1 aromatic rings. The van der Waals surface area contributed by atoms with Crippen molar-refractivity contribution in [1.82, 2.24) is 0 Å². The van der Waals surface area contributed by atoms with Gasteiger partial charge in [0.25, 0.3) is 0 Å². The summed E-state index contributed by atoms with van der Waals surface area (Å²) in [6.45, 7) is 2.91. The van der Waals surface area contributed by atoms with Crippen LogP contribution in [-0.4, -0.2) is 17.9 Å². The molecule has 0 saturated heterocycles. The standard InChI is InChI=1S/C15H23NO2/c1-2-3-4-5-6-7-10-18-14-9-8-13(12-16)15(17)11-14/h8-9,11-12,16-17H,2-7,10H2,1H3. The van der Waals surface area contributed by atoms with Gasteiger partial charge < -0.3 is 15.3 Å². The quantitative estimate of drug-likeness (QED) is 0.510. The average molecular weight is 249 g/mol. The third-order valence-corrected chi connectivity index (χ3v) is 2.92. The molecule has 0 radical (unpaired) electrons. The van der Waals surface area contributed by atoms with Crippen molar-refractivity contribution < 1.29 is 9.84 Å². The number of nitrogens with one attached hydrogen (secondary N) is 1. The Bertz CT molecular complexity index is 364. The van der Waals surface area contributed by atoms with E-state index < -0.39 is 0 Å². The lowest BCUT2D eigenvalue weighted by Crippen LogP contribution is -1.97. The van der Waals surface area contributed by atoms with Crippen molar-refractivity contribution in [3.63, 3.8) is 0 Å². The first-order valence-corrected chi connectivity index (χ1v) is 6.74. The summed E-state index contributed by atoms with van der Waals surface area (Å²) in [4.78, 5) is 0. The molecule has 0 spiro atoms. The maximum absolute atomic E-state index is 9.56. The van der Waals surface area contributed by atoms with Gasteiger partial charge >= 0.3 is 0 Å². The predicted molar refractivity (Wildman–Crippen MR) is 74.9 cm³/mol. The van der Waals surface area contributed by atoms with Gasteiger partial charge in [-0.3, -0.25) is 0 Å². The summed E-state index contributed by atoms with van der Waals surface area (Å²) in [6, 6.07) is 5.05. The average Bonchev–Trinajstić information content (AvgIpc) is 2.38. The molecule has 0 saturated carbocycles. The molecule has 0 unspecified atom stereocenters. The summed E-state index contributed by atoms with van der Waals surface area (Å²) in [5.41, 5.74) is 0.516. The van der Waals surface area contributed by atoms with Crippen LogP contribution in [0.4, 0.5) is 0 Å². The second kappa shape index (κ2) is 8.56. The molecule has 18 heavy (non-hydrogen) atoms. The van der Waals surface area contributed by atoms with Crippen LogP contribution in [0.15, 0.2) is 18.2 Å². The van der Waals surface area contributed by atoms with E-state index in [9.17, 15) is 5.11 Å². The molecule has 1 aromatic carbocycles. The molecule has 0 aliphatic carbocycles. The highest BCUT2D eigenvalue weighted by Crippen LogP contribution is 2.22. The predicted octanol–water partition coefficient (Wildman–Crippen LogP) is 4.13. The van der Waals surface area contributed by atoms with Crippen LogP contribution in [0.1, 0.15) is 51.0 Å². The fourth-order valence-electron chi connectivity index (χ4n) is 1.81. The zero-order valence-electron chi connectivity index (χ0n) is 11.1. The molecule has 0 heterocycles. The van der Waals surface area contributed by atoms with Crippen LogP contribution in [0.2, 0.25) is 0 Å². The molecule has 0 atom stereocenters. The van der Waals surface area contributed by atoms with Crippen LogP contribution in [0.3, 0.4) is 0 Å². The van der Waals surface area contributed by atoms with Crippen molar-refractivity contribution in [3.05, 3.63) is 23.8 Å². The number of hydrogen-bond donors (Lipinski definition) is 2. The van der Waals surface area contributed by atoms with Crippen LogP contribution < -0.4 is 4.74 Å². The van der Waals surface area contributed by atoms with Crippen LogP contribution in [-0.2, 0) is 0 Å². The zero-order chi connectivity index (χ0) is 13.2. The number of phenols is 1. The van der Waals surface area contributed by atoms with E-state index in [1.165, 1.54) is 32.1 Å². The van der Waals surface area contributed by atoms with Crippen LogP contribution in [0.25, 0.3) is 0 Å². The first-order chi connectivity index (χ1) is 8.77. The van der Waals surface area contributed by atoms with Gasteiger partial charge in [-0.2, -0.15) is 0 Å². The second-order valence-electron chi connectivity index (χ2n) is 4.48. The van der Waals surface area contributed by atoms with E-state index in [0.29, 0.717) is 17.9 Å². The van der Waals surface area contributed by atoms with Gasteiger partial charge in [-0.05, 0) is 18.6 Å². The number of phenolic OH excluding ortho intramolecular Hbond substituents is 1. The third-order valence-electron chi connectivity index (χ3n) is 2.92. The molecule has 2 N–H and O–H groups in total. The van der Waals surface area contributed by atoms with Crippen molar-refractivity contribution in [3.8, 4) is 11.5 Å². The topological polar surface area (TPSA) is 53.3 Å². The molecule has 0 amide bonds. The first-order valence-electron chi connectivity index (χ1n) is 6.74. The summed E-state index contributed by atoms with van der Waals surface area (Å²) in [5, 5.41) is 16.6. The van der Waals surface area contributed by atoms with Crippen LogP contribution in [0, 0.1) is 5.41 Å². The van der Waals surface area contributed by atoms with E-state index in [4.69, 9.17) is 10.1 Å². The smallest absolute Gasteiger partial charge is 0.128 e. The van der Waals surface area contributed by atoms with E-state index in [0.717, 1.165) is 12.6 Å². The van der Waals surface area contributed by atoms with Gasteiger partial charge in [0.2, 0.25) is 0 Å². The molecule has 3 heteroatoms. The van der Waals surface area contributed by atoms with Gasteiger partial charge in [0.05, 0.1) is 6.61 Å². The molecule has 0 aromatic heterocycles. The Kier molecular flexibility index (Phi) is 6.92. The SMILES string of the molecule is CCCCCCCCOc1ccc(C=N)c(O)c1. The van der Waals surface area contributed by atoms with Crippen molar-refractivity contribution >= 4 is 6.21 Å². The van der Waals surface area contributed by atoms with E-state index in [1.54, 1.807) is 18.2 Å².